The Morgan fingerprint density at radius 3 is 2.67 bits per heavy atom. The Morgan fingerprint density at radius 2 is 2.06 bits per heavy atom. The van der Waals surface area contributed by atoms with Gasteiger partial charge in [-0.1, -0.05) is 12.1 Å². The van der Waals surface area contributed by atoms with E-state index in [1.807, 2.05) is 40.9 Å². The van der Waals surface area contributed by atoms with E-state index in [0.29, 0.717) is 12.3 Å². The third kappa shape index (κ3) is 4.42. The maximum atomic E-state index is 11.8. The highest BCUT2D eigenvalue weighted by Crippen LogP contribution is 2.15. The third-order valence-corrected chi connectivity index (χ3v) is 3.91. The van der Waals surface area contributed by atoms with Gasteiger partial charge in [0.05, 0.1) is 5.88 Å². The van der Waals surface area contributed by atoms with Crippen LogP contribution in [0.2, 0.25) is 0 Å². The molecule has 5 heteroatoms. The molecule has 0 radical (unpaired) electrons. The first-order valence-corrected chi connectivity index (χ1v) is 7.11. The van der Waals surface area contributed by atoms with Gasteiger partial charge in [0.2, 0.25) is 5.91 Å². The van der Waals surface area contributed by atoms with Gasteiger partial charge >= 0.3 is 0 Å². The van der Waals surface area contributed by atoms with E-state index in [1.54, 1.807) is 0 Å². The van der Waals surface area contributed by atoms with Crippen LogP contribution < -0.4 is 5.73 Å². The molecule has 0 saturated carbocycles. The minimum Gasteiger partial charge on any atom is -0.399 e. The molecule has 0 aromatic heterocycles. The number of hydrogen-bond donors (Lipinski definition) is 1. The van der Waals surface area contributed by atoms with E-state index in [9.17, 15) is 4.79 Å². The van der Waals surface area contributed by atoms with Crippen LogP contribution in [0.1, 0.15) is 18.4 Å². The lowest BCUT2D eigenvalue weighted by Crippen LogP contribution is -2.27. The number of carbonyl (C=O) groups is 1. The smallest absolute Gasteiger partial charge is 0.223 e. The molecule has 100 valence electrons. The first-order valence-electron chi connectivity index (χ1n) is 5.95. The van der Waals surface area contributed by atoms with Crippen LogP contribution in [0.3, 0.4) is 0 Å². The highest BCUT2D eigenvalue weighted by molar-refractivity contribution is 7.99. The Balaban J connectivity index is 0.00000162. The van der Waals surface area contributed by atoms with Crippen molar-refractivity contribution in [1.29, 1.82) is 0 Å². The van der Waals surface area contributed by atoms with Gasteiger partial charge in [0, 0.05) is 24.4 Å². The summed E-state index contributed by atoms with van der Waals surface area (Å²) in [7, 11) is 0. The third-order valence-electron chi connectivity index (χ3n) is 2.94. The molecule has 3 nitrogen and oxygen atoms in total. The van der Waals surface area contributed by atoms with Gasteiger partial charge in [-0.2, -0.15) is 0 Å². The molecule has 1 aromatic rings. The van der Waals surface area contributed by atoms with Crippen molar-refractivity contribution < 1.29 is 4.79 Å². The zero-order valence-electron chi connectivity index (χ0n) is 10.3. The maximum Gasteiger partial charge on any atom is 0.223 e. The number of thioether (sulfide) groups is 1. The molecule has 0 unspecified atom stereocenters. The van der Waals surface area contributed by atoms with E-state index < -0.39 is 0 Å². The first kappa shape index (κ1) is 15.2. The summed E-state index contributed by atoms with van der Waals surface area (Å²) < 4.78 is 0. The van der Waals surface area contributed by atoms with Gasteiger partial charge in [0.25, 0.3) is 0 Å². The summed E-state index contributed by atoms with van der Waals surface area (Å²) in [6.45, 7) is 0.922. The molecular weight excluding hydrogens is 268 g/mol. The molecule has 2 rings (SSSR count). The van der Waals surface area contributed by atoms with Crippen molar-refractivity contribution in [2.24, 2.45) is 0 Å². The van der Waals surface area contributed by atoms with E-state index in [4.69, 9.17) is 5.73 Å². The second-order valence-corrected chi connectivity index (χ2v) is 5.36. The van der Waals surface area contributed by atoms with Crippen LogP contribution in [0, 0.1) is 0 Å². The van der Waals surface area contributed by atoms with Gasteiger partial charge in [-0.3, -0.25) is 4.79 Å². The van der Waals surface area contributed by atoms with Gasteiger partial charge in [-0.15, -0.1) is 24.2 Å². The lowest BCUT2D eigenvalue weighted by molar-refractivity contribution is -0.129. The van der Waals surface area contributed by atoms with Crippen molar-refractivity contribution in [2.75, 3.05) is 23.9 Å². The predicted molar refractivity (Wildman–Crippen MR) is 80.1 cm³/mol. The molecule has 1 saturated heterocycles. The molecule has 2 N–H and O–H groups in total. The zero-order chi connectivity index (χ0) is 12.1. The summed E-state index contributed by atoms with van der Waals surface area (Å²) in [6, 6.07) is 7.89. The van der Waals surface area contributed by atoms with Crippen LogP contribution in [-0.4, -0.2) is 29.0 Å². The Hall–Kier alpha value is -0.870. The SMILES string of the molecule is Cl.Nc1ccc(CCCC(=O)N2CCSC2)cc1. The summed E-state index contributed by atoms with van der Waals surface area (Å²) in [6.07, 6.45) is 2.53. The van der Waals surface area contributed by atoms with Crippen LogP contribution in [0.5, 0.6) is 0 Å². The Morgan fingerprint density at radius 1 is 1.33 bits per heavy atom. The number of halogens is 1. The number of carbonyl (C=O) groups excluding carboxylic acids is 1. The molecule has 1 fully saturated rings. The van der Waals surface area contributed by atoms with E-state index in [1.165, 1.54) is 5.56 Å². The minimum absolute atomic E-state index is 0. The average molecular weight is 287 g/mol. The summed E-state index contributed by atoms with van der Waals surface area (Å²) in [4.78, 5) is 13.7. The molecule has 1 heterocycles. The number of nitrogens with two attached hydrogens (primary N) is 1. The second-order valence-electron chi connectivity index (χ2n) is 4.29. The number of benzene rings is 1. The van der Waals surface area contributed by atoms with Crippen molar-refractivity contribution in [3.63, 3.8) is 0 Å². The Kier molecular flexibility index (Phi) is 6.36. The van der Waals surface area contributed by atoms with Crippen molar-refractivity contribution in [3.8, 4) is 0 Å². The fraction of sp³-hybridized carbons (Fsp3) is 0.462. The summed E-state index contributed by atoms with van der Waals surface area (Å²) in [5.74, 6) is 2.26. The number of anilines is 1. The van der Waals surface area contributed by atoms with Crippen molar-refractivity contribution >= 4 is 35.8 Å². The number of nitrogens with zero attached hydrogens (tertiary/aromatic N) is 1. The average Bonchev–Trinajstić information content (AvgIpc) is 2.85. The fourth-order valence-electron chi connectivity index (χ4n) is 1.90. The molecule has 1 aliphatic rings. The molecular formula is C13H19ClN2OS. The largest absolute Gasteiger partial charge is 0.399 e. The van der Waals surface area contributed by atoms with Crippen LogP contribution in [-0.2, 0) is 11.2 Å². The lowest BCUT2D eigenvalue weighted by Gasteiger charge is -2.13. The predicted octanol–water partition coefficient (Wildman–Crippen LogP) is 2.55. The van der Waals surface area contributed by atoms with E-state index in [2.05, 4.69) is 0 Å². The first-order chi connectivity index (χ1) is 8.25. The Bertz CT molecular complexity index is 377. The maximum absolute atomic E-state index is 11.8. The van der Waals surface area contributed by atoms with Gasteiger partial charge in [-0.25, -0.2) is 0 Å². The molecule has 1 aliphatic heterocycles. The van der Waals surface area contributed by atoms with Gasteiger partial charge < -0.3 is 10.6 Å². The van der Waals surface area contributed by atoms with Crippen LogP contribution in [0.15, 0.2) is 24.3 Å². The Labute approximate surface area is 119 Å². The molecule has 0 spiro atoms. The monoisotopic (exact) mass is 286 g/mol. The summed E-state index contributed by atoms with van der Waals surface area (Å²) in [5.41, 5.74) is 7.67. The quantitative estimate of drug-likeness (QED) is 0.865. The highest BCUT2D eigenvalue weighted by atomic mass is 35.5. The standard InChI is InChI=1S/C13H18N2OS.ClH/c14-12-6-4-11(5-7-12)2-1-3-13(16)15-8-9-17-10-15;/h4-7H,1-3,8-10,14H2;1H. The van der Waals surface area contributed by atoms with Crippen LogP contribution in [0.25, 0.3) is 0 Å². The topological polar surface area (TPSA) is 46.3 Å². The minimum atomic E-state index is 0. The molecule has 0 bridgehead atoms. The zero-order valence-corrected chi connectivity index (χ0v) is 11.9. The van der Waals surface area contributed by atoms with E-state index in [-0.39, 0.29) is 12.4 Å². The van der Waals surface area contributed by atoms with Gasteiger partial charge in [0.1, 0.15) is 0 Å². The number of aryl methyl sites for hydroxylation is 1. The number of amides is 1. The molecule has 1 amide bonds. The highest BCUT2D eigenvalue weighted by Gasteiger charge is 2.17. The van der Waals surface area contributed by atoms with E-state index >= 15 is 0 Å². The van der Waals surface area contributed by atoms with Crippen molar-refractivity contribution in [3.05, 3.63) is 29.8 Å². The summed E-state index contributed by atoms with van der Waals surface area (Å²) in [5, 5.41) is 0. The van der Waals surface area contributed by atoms with Crippen molar-refractivity contribution in [1.82, 2.24) is 4.90 Å². The summed E-state index contributed by atoms with van der Waals surface area (Å²) >= 11 is 1.83. The lowest BCUT2D eigenvalue weighted by atomic mass is 10.1. The van der Waals surface area contributed by atoms with E-state index in [0.717, 1.165) is 36.7 Å². The second kappa shape index (κ2) is 7.54. The molecule has 1 aromatic carbocycles. The van der Waals surface area contributed by atoms with Gasteiger partial charge in [0.15, 0.2) is 0 Å². The number of hydrogen-bond acceptors (Lipinski definition) is 3. The van der Waals surface area contributed by atoms with Crippen LogP contribution in [0.4, 0.5) is 5.69 Å². The van der Waals surface area contributed by atoms with Gasteiger partial charge in [-0.05, 0) is 30.5 Å². The normalized spacial score (nSPS) is 14.3. The van der Waals surface area contributed by atoms with Crippen LogP contribution >= 0.6 is 24.2 Å². The van der Waals surface area contributed by atoms with Crippen molar-refractivity contribution in [2.45, 2.75) is 19.3 Å². The molecule has 0 atom stereocenters. The molecule has 18 heavy (non-hydrogen) atoms. The molecule has 0 aliphatic carbocycles. The fourth-order valence-corrected chi connectivity index (χ4v) is 2.87. The number of rotatable bonds is 4. The number of nitrogen functional groups attached to an aromatic ring is 1.